The Kier molecular flexibility index (Phi) is 3.76. The van der Waals surface area contributed by atoms with Gasteiger partial charge in [-0.25, -0.2) is 10.2 Å². The molecule has 1 aromatic carbocycles. The fourth-order valence-corrected chi connectivity index (χ4v) is 2.23. The molecular formula is C14H16N4O2. The fraction of sp³-hybridized carbons (Fsp3) is 0.286. The molecule has 1 fully saturated rings. The van der Waals surface area contributed by atoms with Crippen LogP contribution in [-0.4, -0.2) is 46.8 Å². The normalized spacial score (nSPS) is 15.9. The van der Waals surface area contributed by atoms with Gasteiger partial charge in [-0.3, -0.25) is 9.63 Å². The van der Waals surface area contributed by atoms with Crippen molar-refractivity contribution in [3.63, 3.8) is 0 Å². The molecule has 2 heterocycles. The van der Waals surface area contributed by atoms with Gasteiger partial charge in [-0.1, -0.05) is 12.1 Å². The minimum atomic E-state index is 0.00315. The number of carbonyl (C=O) groups excluding carboxylic acids is 1. The largest absolute Gasteiger partial charge is 0.335 e. The Hall–Kier alpha value is -2.18. The standard InChI is InChI=1S/C14H16N4O2/c19-14(17-9-7-16-20-11-10-17)12-4-1-2-5-13(12)18-8-3-6-15-18/h1-6,8,16H,7,9-11H2. The highest BCUT2D eigenvalue weighted by atomic mass is 16.6. The second-order valence-corrected chi connectivity index (χ2v) is 4.50. The monoisotopic (exact) mass is 272 g/mol. The maximum Gasteiger partial charge on any atom is 0.256 e. The Bertz CT molecular complexity index is 575. The van der Waals surface area contributed by atoms with Gasteiger partial charge in [0.25, 0.3) is 5.91 Å². The van der Waals surface area contributed by atoms with Crippen molar-refractivity contribution in [2.45, 2.75) is 0 Å². The van der Waals surface area contributed by atoms with E-state index in [1.165, 1.54) is 0 Å². The fourth-order valence-electron chi connectivity index (χ4n) is 2.23. The van der Waals surface area contributed by atoms with Gasteiger partial charge in [-0.05, 0) is 18.2 Å². The van der Waals surface area contributed by atoms with E-state index >= 15 is 0 Å². The molecule has 104 valence electrons. The molecule has 6 heteroatoms. The van der Waals surface area contributed by atoms with E-state index in [9.17, 15) is 4.79 Å². The maximum absolute atomic E-state index is 12.7. The number of rotatable bonds is 2. The van der Waals surface area contributed by atoms with Gasteiger partial charge in [0.1, 0.15) is 0 Å². The predicted molar refractivity (Wildman–Crippen MR) is 73.4 cm³/mol. The number of nitrogens with zero attached hydrogens (tertiary/aromatic N) is 3. The first-order valence-corrected chi connectivity index (χ1v) is 6.59. The molecule has 6 nitrogen and oxygen atoms in total. The first-order chi connectivity index (χ1) is 9.86. The van der Waals surface area contributed by atoms with Gasteiger partial charge in [0.05, 0.1) is 17.9 Å². The topological polar surface area (TPSA) is 59.4 Å². The third kappa shape index (κ3) is 2.56. The summed E-state index contributed by atoms with van der Waals surface area (Å²) < 4.78 is 1.71. The first-order valence-electron chi connectivity index (χ1n) is 6.59. The Balaban J connectivity index is 1.91. The van der Waals surface area contributed by atoms with Crippen LogP contribution in [0.5, 0.6) is 0 Å². The van der Waals surface area contributed by atoms with Gasteiger partial charge in [0, 0.05) is 32.0 Å². The average molecular weight is 272 g/mol. The lowest BCUT2D eigenvalue weighted by molar-refractivity contribution is 0.0522. The SMILES string of the molecule is O=C(c1ccccc1-n1cccn1)N1CCNOCC1. The van der Waals surface area contributed by atoms with Gasteiger partial charge in [-0.2, -0.15) is 5.10 Å². The number of aromatic nitrogens is 2. The van der Waals surface area contributed by atoms with Crippen LogP contribution in [0, 0.1) is 0 Å². The molecule has 0 aliphatic carbocycles. The van der Waals surface area contributed by atoms with Crippen LogP contribution in [0.3, 0.4) is 0 Å². The first kappa shape index (κ1) is 12.8. The average Bonchev–Trinajstić information content (AvgIpc) is 2.89. The molecule has 1 aromatic heterocycles. The lowest BCUT2D eigenvalue weighted by atomic mass is 10.1. The van der Waals surface area contributed by atoms with Gasteiger partial charge in [-0.15, -0.1) is 0 Å². The molecule has 1 aliphatic heterocycles. The minimum absolute atomic E-state index is 0.00315. The Morgan fingerprint density at radius 2 is 2.15 bits per heavy atom. The molecule has 2 aromatic rings. The molecule has 1 N–H and O–H groups in total. The van der Waals surface area contributed by atoms with E-state index in [0.717, 1.165) is 5.69 Å². The summed E-state index contributed by atoms with van der Waals surface area (Å²) in [6.45, 7) is 2.34. The molecule has 0 saturated carbocycles. The van der Waals surface area contributed by atoms with Crippen molar-refractivity contribution in [2.24, 2.45) is 0 Å². The van der Waals surface area contributed by atoms with Crippen LogP contribution < -0.4 is 5.48 Å². The quantitative estimate of drug-likeness (QED) is 0.880. The van der Waals surface area contributed by atoms with Crippen molar-refractivity contribution in [3.05, 3.63) is 48.3 Å². The number of carbonyl (C=O) groups is 1. The zero-order valence-electron chi connectivity index (χ0n) is 11.0. The molecule has 1 aliphatic rings. The molecule has 0 unspecified atom stereocenters. The maximum atomic E-state index is 12.7. The van der Waals surface area contributed by atoms with Gasteiger partial charge >= 0.3 is 0 Å². The summed E-state index contributed by atoms with van der Waals surface area (Å²) in [5, 5.41) is 4.20. The summed E-state index contributed by atoms with van der Waals surface area (Å²) in [6, 6.07) is 9.34. The minimum Gasteiger partial charge on any atom is -0.335 e. The zero-order chi connectivity index (χ0) is 13.8. The van der Waals surface area contributed by atoms with Gasteiger partial charge < -0.3 is 4.90 Å². The molecule has 20 heavy (non-hydrogen) atoms. The highest BCUT2D eigenvalue weighted by molar-refractivity contribution is 5.97. The second kappa shape index (κ2) is 5.85. The van der Waals surface area contributed by atoms with Crippen molar-refractivity contribution >= 4 is 5.91 Å². The number of amides is 1. The molecule has 0 bridgehead atoms. The molecule has 0 radical (unpaired) electrons. The summed E-state index contributed by atoms with van der Waals surface area (Å²) in [4.78, 5) is 19.6. The number of hydrogen-bond acceptors (Lipinski definition) is 4. The molecule has 0 atom stereocenters. The third-order valence-electron chi connectivity index (χ3n) is 3.22. The lowest BCUT2D eigenvalue weighted by Gasteiger charge is -2.20. The molecule has 1 amide bonds. The van der Waals surface area contributed by atoms with E-state index in [0.29, 0.717) is 31.8 Å². The van der Waals surface area contributed by atoms with Crippen LogP contribution in [0.2, 0.25) is 0 Å². The molecule has 1 saturated heterocycles. The Morgan fingerprint density at radius 1 is 1.25 bits per heavy atom. The number of benzene rings is 1. The van der Waals surface area contributed by atoms with E-state index < -0.39 is 0 Å². The summed E-state index contributed by atoms with van der Waals surface area (Å²) >= 11 is 0. The number of hydrogen-bond donors (Lipinski definition) is 1. The van der Waals surface area contributed by atoms with E-state index in [-0.39, 0.29) is 5.91 Å². The van der Waals surface area contributed by atoms with Crippen LogP contribution in [0.1, 0.15) is 10.4 Å². The van der Waals surface area contributed by atoms with Crippen LogP contribution >= 0.6 is 0 Å². The Morgan fingerprint density at radius 3 is 3.00 bits per heavy atom. The number of hydroxylamine groups is 1. The third-order valence-corrected chi connectivity index (χ3v) is 3.22. The molecule has 3 rings (SSSR count). The number of nitrogens with one attached hydrogen (secondary N) is 1. The second-order valence-electron chi connectivity index (χ2n) is 4.50. The van der Waals surface area contributed by atoms with Crippen molar-refractivity contribution in [1.29, 1.82) is 0 Å². The smallest absolute Gasteiger partial charge is 0.256 e. The molecule has 0 spiro atoms. The van der Waals surface area contributed by atoms with Crippen molar-refractivity contribution in [2.75, 3.05) is 26.2 Å². The van der Waals surface area contributed by atoms with Gasteiger partial charge in [0.2, 0.25) is 0 Å². The summed E-state index contributed by atoms with van der Waals surface area (Å²) in [6.07, 6.45) is 3.53. The summed E-state index contributed by atoms with van der Waals surface area (Å²) in [5.41, 5.74) is 4.26. The highest BCUT2D eigenvalue weighted by Crippen LogP contribution is 2.16. The van der Waals surface area contributed by atoms with E-state index in [4.69, 9.17) is 4.84 Å². The zero-order valence-corrected chi connectivity index (χ0v) is 11.0. The summed E-state index contributed by atoms with van der Waals surface area (Å²) in [5.74, 6) is 0.00315. The predicted octanol–water partition coefficient (Wildman–Crippen LogP) is 0.849. The van der Waals surface area contributed by atoms with Crippen LogP contribution in [0.25, 0.3) is 5.69 Å². The van der Waals surface area contributed by atoms with Crippen molar-refractivity contribution in [3.8, 4) is 5.69 Å². The van der Waals surface area contributed by atoms with Crippen molar-refractivity contribution in [1.82, 2.24) is 20.2 Å². The van der Waals surface area contributed by atoms with E-state index in [1.807, 2.05) is 36.5 Å². The number of para-hydroxylation sites is 1. The Labute approximate surface area is 116 Å². The van der Waals surface area contributed by atoms with E-state index in [2.05, 4.69) is 10.6 Å². The van der Waals surface area contributed by atoms with E-state index in [1.54, 1.807) is 15.8 Å². The molecular weight excluding hydrogens is 256 g/mol. The van der Waals surface area contributed by atoms with Crippen molar-refractivity contribution < 1.29 is 9.63 Å². The van der Waals surface area contributed by atoms with Gasteiger partial charge in [0.15, 0.2) is 0 Å². The summed E-state index contributed by atoms with van der Waals surface area (Å²) in [7, 11) is 0. The van der Waals surface area contributed by atoms with Crippen LogP contribution in [-0.2, 0) is 4.84 Å². The highest BCUT2D eigenvalue weighted by Gasteiger charge is 2.20. The van der Waals surface area contributed by atoms with Crippen LogP contribution in [0.4, 0.5) is 0 Å². The van der Waals surface area contributed by atoms with Crippen LogP contribution in [0.15, 0.2) is 42.7 Å². The lowest BCUT2D eigenvalue weighted by Crippen LogP contribution is -2.35.